The van der Waals surface area contributed by atoms with Gasteiger partial charge in [0.05, 0.1) is 6.04 Å². The molecule has 1 rings (SSSR count). The lowest BCUT2D eigenvalue weighted by molar-refractivity contribution is 0.396. The molecule has 1 nitrogen and oxygen atoms in total. The average Bonchev–Trinajstić information content (AvgIpc) is 2.17. The Morgan fingerprint density at radius 2 is 2.56 bits per heavy atom. The van der Waals surface area contributed by atoms with Crippen LogP contribution in [0.5, 0.6) is 0 Å². The van der Waals surface area contributed by atoms with Crippen LogP contribution in [0.3, 0.4) is 0 Å². The summed E-state index contributed by atoms with van der Waals surface area (Å²) < 4.78 is 12.3. The third-order valence-electron chi connectivity index (χ3n) is 1.58. The van der Waals surface area contributed by atoms with E-state index in [1.807, 2.05) is 0 Å². The van der Waals surface area contributed by atoms with E-state index in [9.17, 15) is 4.39 Å². The Hall–Kier alpha value is -0.400. The SMILES string of the molecule is CCCC1CC(F)C=N1. The molecule has 1 aliphatic rings. The van der Waals surface area contributed by atoms with Gasteiger partial charge >= 0.3 is 0 Å². The Balaban J connectivity index is 2.24. The van der Waals surface area contributed by atoms with Crippen LogP contribution < -0.4 is 0 Å². The molecule has 0 aromatic carbocycles. The van der Waals surface area contributed by atoms with Gasteiger partial charge in [0.1, 0.15) is 6.17 Å². The minimum absolute atomic E-state index is 0.282. The van der Waals surface area contributed by atoms with E-state index in [1.54, 1.807) is 0 Å². The molecule has 52 valence electrons. The molecule has 0 bridgehead atoms. The maximum Gasteiger partial charge on any atom is 0.137 e. The second-order valence-corrected chi connectivity index (χ2v) is 2.49. The number of aliphatic imine (C=N–C) groups is 1. The standard InChI is InChI=1S/C7H12FN/c1-2-3-7-4-6(8)5-9-7/h5-7H,2-4H2,1H3. The molecule has 0 aromatic rings. The van der Waals surface area contributed by atoms with Gasteiger partial charge in [-0.3, -0.25) is 4.99 Å². The van der Waals surface area contributed by atoms with Gasteiger partial charge in [0.2, 0.25) is 0 Å². The Morgan fingerprint density at radius 1 is 1.78 bits per heavy atom. The van der Waals surface area contributed by atoms with Crippen molar-refractivity contribution >= 4 is 6.21 Å². The van der Waals surface area contributed by atoms with Gasteiger partial charge in [-0.1, -0.05) is 13.3 Å². The molecule has 2 atom stereocenters. The topological polar surface area (TPSA) is 12.4 Å². The van der Waals surface area contributed by atoms with Crippen LogP contribution in [0.4, 0.5) is 4.39 Å². The fraction of sp³-hybridized carbons (Fsp3) is 0.857. The van der Waals surface area contributed by atoms with Crippen LogP contribution >= 0.6 is 0 Å². The van der Waals surface area contributed by atoms with Gasteiger partial charge in [-0.25, -0.2) is 4.39 Å². The summed E-state index contributed by atoms with van der Waals surface area (Å²) in [5, 5.41) is 0. The Bertz CT molecular complexity index is 111. The third-order valence-corrected chi connectivity index (χ3v) is 1.58. The highest BCUT2D eigenvalue weighted by Crippen LogP contribution is 2.15. The van der Waals surface area contributed by atoms with Crippen molar-refractivity contribution in [2.24, 2.45) is 4.99 Å². The molecule has 0 radical (unpaired) electrons. The number of alkyl halides is 1. The first-order valence-corrected chi connectivity index (χ1v) is 3.50. The van der Waals surface area contributed by atoms with Crippen molar-refractivity contribution in [3.05, 3.63) is 0 Å². The third kappa shape index (κ3) is 1.77. The highest BCUT2D eigenvalue weighted by atomic mass is 19.1. The quantitative estimate of drug-likeness (QED) is 0.540. The van der Waals surface area contributed by atoms with Gasteiger partial charge in [-0.2, -0.15) is 0 Å². The predicted molar refractivity (Wildman–Crippen MR) is 36.7 cm³/mol. The number of nitrogens with zero attached hydrogens (tertiary/aromatic N) is 1. The van der Waals surface area contributed by atoms with Crippen LogP contribution in [-0.4, -0.2) is 18.4 Å². The molecule has 0 aliphatic carbocycles. The minimum Gasteiger partial charge on any atom is -0.291 e. The van der Waals surface area contributed by atoms with Crippen molar-refractivity contribution in [1.29, 1.82) is 0 Å². The molecule has 0 fully saturated rings. The van der Waals surface area contributed by atoms with E-state index in [2.05, 4.69) is 11.9 Å². The zero-order chi connectivity index (χ0) is 6.69. The molecule has 2 unspecified atom stereocenters. The van der Waals surface area contributed by atoms with Crippen LogP contribution in [-0.2, 0) is 0 Å². The number of hydrogen-bond donors (Lipinski definition) is 0. The highest BCUT2D eigenvalue weighted by molar-refractivity contribution is 5.65. The molecule has 2 heteroatoms. The van der Waals surface area contributed by atoms with Crippen molar-refractivity contribution in [3.8, 4) is 0 Å². The second kappa shape index (κ2) is 2.95. The van der Waals surface area contributed by atoms with Crippen molar-refractivity contribution in [1.82, 2.24) is 0 Å². The highest BCUT2D eigenvalue weighted by Gasteiger charge is 2.17. The first-order valence-electron chi connectivity index (χ1n) is 3.50. The van der Waals surface area contributed by atoms with E-state index in [0.29, 0.717) is 6.42 Å². The van der Waals surface area contributed by atoms with Crippen LogP contribution in [0.25, 0.3) is 0 Å². The molecular weight excluding hydrogens is 117 g/mol. The smallest absolute Gasteiger partial charge is 0.137 e. The van der Waals surface area contributed by atoms with E-state index in [0.717, 1.165) is 12.8 Å². The van der Waals surface area contributed by atoms with E-state index >= 15 is 0 Å². The minimum atomic E-state index is -0.762. The Morgan fingerprint density at radius 3 is 3.00 bits per heavy atom. The molecular formula is C7H12FN. The summed E-state index contributed by atoms with van der Waals surface area (Å²) in [5.74, 6) is 0. The van der Waals surface area contributed by atoms with Crippen LogP contribution in [0.2, 0.25) is 0 Å². The van der Waals surface area contributed by atoms with Gasteiger partial charge in [0.15, 0.2) is 0 Å². The van der Waals surface area contributed by atoms with Crippen LogP contribution in [0, 0.1) is 0 Å². The maximum absolute atomic E-state index is 12.3. The van der Waals surface area contributed by atoms with Crippen molar-refractivity contribution in [2.75, 3.05) is 0 Å². The fourth-order valence-electron chi connectivity index (χ4n) is 1.12. The van der Waals surface area contributed by atoms with Crippen molar-refractivity contribution < 1.29 is 4.39 Å². The molecule has 0 N–H and O–H groups in total. The Labute approximate surface area is 55.0 Å². The largest absolute Gasteiger partial charge is 0.291 e. The molecule has 0 amide bonds. The lowest BCUT2D eigenvalue weighted by atomic mass is 10.1. The Kier molecular flexibility index (Phi) is 2.20. The zero-order valence-corrected chi connectivity index (χ0v) is 5.68. The van der Waals surface area contributed by atoms with E-state index in [-0.39, 0.29) is 6.04 Å². The average molecular weight is 129 g/mol. The summed E-state index contributed by atoms with van der Waals surface area (Å²) in [6.07, 6.45) is 3.43. The summed E-state index contributed by atoms with van der Waals surface area (Å²) in [4.78, 5) is 4.01. The predicted octanol–water partition coefficient (Wildman–Crippen LogP) is 1.97. The molecule has 1 aliphatic heterocycles. The molecule has 0 saturated carbocycles. The number of rotatable bonds is 2. The summed E-state index contributed by atoms with van der Waals surface area (Å²) in [6, 6.07) is 0.282. The zero-order valence-electron chi connectivity index (χ0n) is 5.68. The second-order valence-electron chi connectivity index (χ2n) is 2.49. The molecule has 0 saturated heterocycles. The monoisotopic (exact) mass is 129 g/mol. The van der Waals surface area contributed by atoms with Crippen molar-refractivity contribution in [2.45, 2.75) is 38.4 Å². The molecule has 0 aromatic heterocycles. The first kappa shape index (κ1) is 6.72. The molecule has 1 heterocycles. The lowest BCUT2D eigenvalue weighted by Crippen LogP contribution is -2.03. The first-order chi connectivity index (χ1) is 4.33. The lowest BCUT2D eigenvalue weighted by Gasteiger charge is -2.02. The van der Waals surface area contributed by atoms with Gasteiger partial charge in [0, 0.05) is 12.6 Å². The summed E-state index contributed by atoms with van der Waals surface area (Å²) in [6.45, 7) is 2.10. The number of halogens is 1. The van der Waals surface area contributed by atoms with E-state index in [1.165, 1.54) is 6.21 Å². The van der Waals surface area contributed by atoms with Crippen molar-refractivity contribution in [3.63, 3.8) is 0 Å². The normalized spacial score (nSPS) is 33.6. The number of hydrogen-bond acceptors (Lipinski definition) is 1. The maximum atomic E-state index is 12.3. The van der Waals surface area contributed by atoms with Gasteiger partial charge in [-0.15, -0.1) is 0 Å². The summed E-state index contributed by atoms with van der Waals surface area (Å²) in [5.41, 5.74) is 0. The van der Waals surface area contributed by atoms with Gasteiger partial charge < -0.3 is 0 Å². The van der Waals surface area contributed by atoms with Crippen LogP contribution in [0.15, 0.2) is 4.99 Å². The molecule has 9 heavy (non-hydrogen) atoms. The van der Waals surface area contributed by atoms with E-state index in [4.69, 9.17) is 0 Å². The van der Waals surface area contributed by atoms with Crippen LogP contribution in [0.1, 0.15) is 26.2 Å². The van der Waals surface area contributed by atoms with E-state index < -0.39 is 6.17 Å². The van der Waals surface area contributed by atoms with Gasteiger partial charge in [0.25, 0.3) is 0 Å². The molecule has 0 spiro atoms. The fourth-order valence-corrected chi connectivity index (χ4v) is 1.12. The summed E-state index contributed by atoms with van der Waals surface area (Å²) >= 11 is 0. The summed E-state index contributed by atoms with van der Waals surface area (Å²) in [7, 11) is 0. The van der Waals surface area contributed by atoms with Gasteiger partial charge in [-0.05, 0) is 6.42 Å².